The van der Waals surface area contributed by atoms with Crippen LogP contribution in [-0.2, 0) is 6.42 Å². The Hall–Kier alpha value is -1.45. The lowest BCUT2D eigenvalue weighted by Gasteiger charge is -2.13. The quantitative estimate of drug-likeness (QED) is 0.928. The first-order valence-corrected chi connectivity index (χ1v) is 6.40. The van der Waals surface area contributed by atoms with Gasteiger partial charge in [0.15, 0.2) is 0 Å². The van der Waals surface area contributed by atoms with Gasteiger partial charge >= 0.3 is 0 Å². The van der Waals surface area contributed by atoms with Crippen LogP contribution in [0.3, 0.4) is 0 Å². The molecule has 0 saturated carbocycles. The summed E-state index contributed by atoms with van der Waals surface area (Å²) in [6.07, 6.45) is 1.36. The van der Waals surface area contributed by atoms with Crippen LogP contribution in [-0.4, -0.2) is 10.1 Å². The molecule has 0 aliphatic heterocycles. The summed E-state index contributed by atoms with van der Waals surface area (Å²) in [5.74, 6) is -0.454. The number of benzene rings is 1. The number of aromatic nitrogens is 1. The lowest BCUT2D eigenvalue weighted by molar-refractivity contribution is 0.173. The first-order valence-electron chi connectivity index (χ1n) is 6.02. The molecule has 19 heavy (non-hydrogen) atoms. The van der Waals surface area contributed by atoms with Gasteiger partial charge in [-0.3, -0.25) is 4.98 Å². The smallest absolute Gasteiger partial charge is 0.141 e. The molecule has 0 aliphatic rings. The molecular formula is C15H15ClFNO. The van der Waals surface area contributed by atoms with Crippen LogP contribution in [0.4, 0.5) is 4.39 Å². The summed E-state index contributed by atoms with van der Waals surface area (Å²) in [6, 6.07) is 6.43. The standard InChI is InChI=1S/C15H15ClFNO/c1-9-5-10(2)15(18-8-9)14(19)7-11-3-4-13(17)12(16)6-11/h3-6,8,14,19H,7H2,1-2H3. The monoisotopic (exact) mass is 279 g/mol. The Labute approximate surface area is 116 Å². The predicted molar refractivity (Wildman–Crippen MR) is 73.8 cm³/mol. The van der Waals surface area contributed by atoms with Crippen LogP contribution in [0.2, 0.25) is 5.02 Å². The Kier molecular flexibility index (Phi) is 4.17. The SMILES string of the molecule is Cc1cnc(C(O)Cc2ccc(F)c(Cl)c2)c(C)c1. The zero-order chi connectivity index (χ0) is 14.0. The molecule has 2 rings (SSSR count). The molecule has 0 bridgehead atoms. The summed E-state index contributed by atoms with van der Waals surface area (Å²) in [5, 5.41) is 10.3. The highest BCUT2D eigenvalue weighted by molar-refractivity contribution is 6.30. The van der Waals surface area contributed by atoms with Crippen LogP contribution in [0.5, 0.6) is 0 Å². The van der Waals surface area contributed by atoms with Gasteiger partial charge in [0.2, 0.25) is 0 Å². The van der Waals surface area contributed by atoms with Crippen molar-refractivity contribution in [1.29, 1.82) is 0 Å². The van der Waals surface area contributed by atoms with E-state index in [-0.39, 0.29) is 5.02 Å². The fourth-order valence-electron chi connectivity index (χ4n) is 2.06. The first-order chi connectivity index (χ1) is 8.97. The maximum atomic E-state index is 13.1. The normalized spacial score (nSPS) is 12.5. The molecule has 1 aromatic carbocycles. The number of aryl methyl sites for hydroxylation is 2. The van der Waals surface area contributed by atoms with E-state index in [4.69, 9.17) is 11.6 Å². The number of aliphatic hydroxyl groups is 1. The van der Waals surface area contributed by atoms with Crippen molar-refractivity contribution in [3.63, 3.8) is 0 Å². The fourth-order valence-corrected chi connectivity index (χ4v) is 2.26. The number of pyridine rings is 1. The molecule has 1 N–H and O–H groups in total. The summed E-state index contributed by atoms with van der Waals surface area (Å²) >= 11 is 5.72. The summed E-state index contributed by atoms with van der Waals surface area (Å²) in [5.41, 5.74) is 3.42. The second-order valence-corrected chi connectivity index (χ2v) is 5.09. The highest BCUT2D eigenvalue weighted by atomic mass is 35.5. The molecule has 0 aliphatic carbocycles. The minimum Gasteiger partial charge on any atom is -0.386 e. The highest BCUT2D eigenvalue weighted by Gasteiger charge is 2.13. The van der Waals surface area contributed by atoms with E-state index in [1.54, 1.807) is 12.3 Å². The zero-order valence-corrected chi connectivity index (χ0v) is 11.6. The van der Waals surface area contributed by atoms with Crippen molar-refractivity contribution in [3.05, 3.63) is 63.7 Å². The largest absolute Gasteiger partial charge is 0.386 e. The maximum Gasteiger partial charge on any atom is 0.141 e. The Morgan fingerprint density at radius 3 is 2.68 bits per heavy atom. The topological polar surface area (TPSA) is 33.1 Å². The third kappa shape index (κ3) is 3.31. The third-order valence-electron chi connectivity index (χ3n) is 2.98. The number of nitrogens with zero attached hydrogens (tertiary/aromatic N) is 1. The van der Waals surface area contributed by atoms with E-state index in [0.29, 0.717) is 12.1 Å². The van der Waals surface area contributed by atoms with Gasteiger partial charge in [-0.05, 0) is 42.7 Å². The molecule has 2 nitrogen and oxygen atoms in total. The second-order valence-electron chi connectivity index (χ2n) is 4.68. The number of rotatable bonds is 3. The van der Waals surface area contributed by atoms with E-state index in [9.17, 15) is 9.50 Å². The summed E-state index contributed by atoms with van der Waals surface area (Å²) in [7, 11) is 0. The number of hydrogen-bond donors (Lipinski definition) is 1. The van der Waals surface area contributed by atoms with E-state index in [2.05, 4.69) is 4.98 Å². The van der Waals surface area contributed by atoms with Crippen molar-refractivity contribution in [2.24, 2.45) is 0 Å². The summed E-state index contributed by atoms with van der Waals surface area (Å²) < 4.78 is 13.1. The maximum absolute atomic E-state index is 13.1. The van der Waals surface area contributed by atoms with Crippen molar-refractivity contribution in [3.8, 4) is 0 Å². The molecule has 0 amide bonds. The molecule has 0 saturated heterocycles. The van der Waals surface area contributed by atoms with Crippen molar-refractivity contribution in [1.82, 2.24) is 4.98 Å². The van der Waals surface area contributed by atoms with Crippen LogP contribution >= 0.6 is 11.6 Å². The van der Waals surface area contributed by atoms with Crippen molar-refractivity contribution >= 4 is 11.6 Å². The average Bonchev–Trinajstić information content (AvgIpc) is 2.33. The Morgan fingerprint density at radius 1 is 1.32 bits per heavy atom. The molecule has 100 valence electrons. The fraction of sp³-hybridized carbons (Fsp3) is 0.267. The van der Waals surface area contributed by atoms with Gasteiger partial charge in [-0.2, -0.15) is 0 Å². The number of hydrogen-bond acceptors (Lipinski definition) is 2. The van der Waals surface area contributed by atoms with Gasteiger partial charge in [0.1, 0.15) is 11.9 Å². The highest BCUT2D eigenvalue weighted by Crippen LogP contribution is 2.23. The van der Waals surface area contributed by atoms with E-state index in [1.165, 1.54) is 12.1 Å². The summed E-state index contributed by atoms with van der Waals surface area (Å²) in [4.78, 5) is 4.26. The first kappa shape index (κ1) is 14.0. The molecule has 4 heteroatoms. The van der Waals surface area contributed by atoms with E-state index in [1.807, 2.05) is 19.9 Å². The molecule has 0 radical (unpaired) electrons. The van der Waals surface area contributed by atoms with Crippen LogP contribution in [0.25, 0.3) is 0 Å². The minimum absolute atomic E-state index is 0.0679. The number of aliphatic hydroxyl groups excluding tert-OH is 1. The molecule has 1 heterocycles. The zero-order valence-electron chi connectivity index (χ0n) is 10.8. The molecule has 0 fully saturated rings. The Morgan fingerprint density at radius 2 is 2.05 bits per heavy atom. The van der Waals surface area contributed by atoms with E-state index in [0.717, 1.165) is 16.7 Å². The van der Waals surface area contributed by atoms with Gasteiger partial charge in [-0.25, -0.2) is 4.39 Å². The van der Waals surface area contributed by atoms with Crippen molar-refractivity contribution < 1.29 is 9.50 Å². The van der Waals surface area contributed by atoms with Gasteiger partial charge in [-0.1, -0.05) is 23.7 Å². The van der Waals surface area contributed by atoms with Gasteiger partial charge in [0.05, 0.1) is 10.7 Å². The number of halogens is 2. The average molecular weight is 280 g/mol. The van der Waals surface area contributed by atoms with Crippen molar-refractivity contribution in [2.75, 3.05) is 0 Å². The van der Waals surface area contributed by atoms with Crippen molar-refractivity contribution in [2.45, 2.75) is 26.4 Å². The van der Waals surface area contributed by atoms with Gasteiger partial charge < -0.3 is 5.11 Å². The lowest BCUT2D eigenvalue weighted by atomic mass is 10.0. The van der Waals surface area contributed by atoms with Gasteiger partial charge in [-0.15, -0.1) is 0 Å². The molecule has 1 unspecified atom stereocenters. The molecular weight excluding hydrogens is 265 g/mol. The second kappa shape index (κ2) is 5.68. The van der Waals surface area contributed by atoms with Crippen LogP contribution in [0.15, 0.2) is 30.5 Å². The molecule has 1 atom stereocenters. The minimum atomic E-state index is -0.720. The van der Waals surface area contributed by atoms with E-state index >= 15 is 0 Å². The molecule has 0 spiro atoms. The predicted octanol–water partition coefficient (Wildman–Crippen LogP) is 3.77. The molecule has 1 aromatic heterocycles. The van der Waals surface area contributed by atoms with E-state index < -0.39 is 11.9 Å². The van der Waals surface area contributed by atoms with Gasteiger partial charge in [0.25, 0.3) is 0 Å². The van der Waals surface area contributed by atoms with Crippen LogP contribution in [0.1, 0.15) is 28.5 Å². The Bertz CT molecular complexity index is 601. The third-order valence-corrected chi connectivity index (χ3v) is 3.27. The van der Waals surface area contributed by atoms with Crippen LogP contribution in [0, 0.1) is 19.7 Å². The molecule has 2 aromatic rings. The summed E-state index contributed by atoms with van der Waals surface area (Å²) in [6.45, 7) is 3.87. The van der Waals surface area contributed by atoms with Gasteiger partial charge in [0, 0.05) is 12.6 Å². The Balaban J connectivity index is 2.20. The lowest BCUT2D eigenvalue weighted by Crippen LogP contribution is -2.07. The van der Waals surface area contributed by atoms with Crippen LogP contribution < -0.4 is 0 Å².